The van der Waals surface area contributed by atoms with Gasteiger partial charge in [0, 0.05) is 25.7 Å². The number of likely N-dealkylation sites (tertiary alicyclic amines) is 1. The minimum Gasteiger partial charge on any atom is -0.497 e. The van der Waals surface area contributed by atoms with Gasteiger partial charge < -0.3 is 19.1 Å². The smallest absolute Gasteiger partial charge is 0.236 e. The molecular weight excluding hydrogens is 404 g/mol. The van der Waals surface area contributed by atoms with Crippen LogP contribution in [0.4, 0.5) is 0 Å². The molecule has 2 fully saturated rings. The van der Waals surface area contributed by atoms with Crippen LogP contribution in [-0.4, -0.2) is 55.8 Å². The predicted molar refractivity (Wildman–Crippen MR) is 122 cm³/mol. The van der Waals surface area contributed by atoms with Gasteiger partial charge in [-0.2, -0.15) is 0 Å². The number of fused-ring (bicyclic) bond motifs is 1. The number of hydrogen-bond acceptors (Lipinski definition) is 5. The fourth-order valence-corrected chi connectivity index (χ4v) is 5.44. The Morgan fingerprint density at radius 1 is 1.06 bits per heavy atom. The number of amides is 1. The first-order valence-corrected chi connectivity index (χ1v) is 11.7. The summed E-state index contributed by atoms with van der Waals surface area (Å²) in [7, 11) is 3.66. The summed E-state index contributed by atoms with van der Waals surface area (Å²) in [4.78, 5) is 17.5. The molecule has 0 spiro atoms. The second kappa shape index (κ2) is 9.02. The average molecular weight is 437 g/mol. The lowest BCUT2D eigenvalue weighted by Gasteiger charge is -2.29. The third-order valence-electron chi connectivity index (χ3n) is 7.38. The molecule has 0 radical (unpaired) electrons. The zero-order valence-electron chi connectivity index (χ0n) is 19.0. The number of benzene rings is 2. The van der Waals surface area contributed by atoms with E-state index in [0.717, 1.165) is 43.1 Å². The predicted octanol–water partition coefficient (Wildman–Crippen LogP) is 4.36. The van der Waals surface area contributed by atoms with Gasteiger partial charge in [-0.05, 0) is 60.6 Å². The molecule has 2 atom stereocenters. The molecule has 170 valence electrons. The van der Waals surface area contributed by atoms with Crippen LogP contribution >= 0.6 is 0 Å². The van der Waals surface area contributed by atoms with Crippen LogP contribution in [0.2, 0.25) is 0 Å². The van der Waals surface area contributed by atoms with E-state index in [0.29, 0.717) is 18.5 Å². The van der Waals surface area contributed by atoms with Crippen molar-refractivity contribution in [2.24, 2.45) is 0 Å². The Balaban J connectivity index is 1.37. The molecule has 1 amide bonds. The standard InChI is InChI=1S/C26H32N2O4/c1-27(21-5-3-4-6-21)26(29)16-28-15-20(19-9-12-24-25(14-19)32-17-31-24)13-23(28)18-7-10-22(30-2)11-8-18/h7-12,14,20-21,23H,3-6,13,15-17H2,1-2H3. The Labute approximate surface area is 190 Å². The molecule has 2 aromatic rings. The molecule has 0 bridgehead atoms. The van der Waals surface area contributed by atoms with Crippen molar-refractivity contribution in [3.63, 3.8) is 0 Å². The molecule has 3 aliphatic rings. The molecule has 0 aromatic heterocycles. The van der Waals surface area contributed by atoms with Crippen LogP contribution in [0, 0.1) is 0 Å². The number of hydrogen-bond donors (Lipinski definition) is 0. The third-order valence-corrected chi connectivity index (χ3v) is 7.38. The van der Waals surface area contributed by atoms with Crippen molar-refractivity contribution in [3.05, 3.63) is 53.6 Å². The van der Waals surface area contributed by atoms with E-state index in [1.165, 1.54) is 24.0 Å². The fourth-order valence-electron chi connectivity index (χ4n) is 5.44. The highest BCUT2D eigenvalue weighted by Crippen LogP contribution is 2.43. The first-order valence-electron chi connectivity index (χ1n) is 11.7. The molecule has 0 N–H and O–H groups in total. The van der Waals surface area contributed by atoms with E-state index in [1.54, 1.807) is 7.11 Å². The molecule has 2 aliphatic heterocycles. The van der Waals surface area contributed by atoms with Crippen molar-refractivity contribution < 1.29 is 19.0 Å². The number of ether oxygens (including phenoxy) is 3. The molecule has 5 rings (SSSR count). The maximum Gasteiger partial charge on any atom is 0.236 e. The molecule has 1 saturated carbocycles. The maximum absolute atomic E-state index is 13.2. The summed E-state index contributed by atoms with van der Waals surface area (Å²) in [5, 5.41) is 0. The van der Waals surface area contributed by atoms with Crippen LogP contribution in [0.15, 0.2) is 42.5 Å². The molecule has 2 unspecified atom stereocenters. The molecule has 2 heterocycles. The summed E-state index contributed by atoms with van der Waals surface area (Å²) in [6.07, 6.45) is 5.68. The van der Waals surface area contributed by atoms with Crippen LogP contribution in [-0.2, 0) is 4.79 Å². The zero-order chi connectivity index (χ0) is 22.1. The Kier molecular flexibility index (Phi) is 5.96. The minimum absolute atomic E-state index is 0.192. The summed E-state index contributed by atoms with van der Waals surface area (Å²) in [6, 6.07) is 15.1. The number of likely N-dealkylation sites (N-methyl/N-ethyl adjacent to an activating group) is 1. The second-order valence-corrected chi connectivity index (χ2v) is 9.21. The normalized spacial score (nSPS) is 22.9. The van der Waals surface area contributed by atoms with Gasteiger partial charge in [-0.25, -0.2) is 0 Å². The molecule has 1 saturated heterocycles. The van der Waals surface area contributed by atoms with E-state index in [2.05, 4.69) is 29.2 Å². The lowest BCUT2D eigenvalue weighted by atomic mass is 9.93. The van der Waals surface area contributed by atoms with Crippen LogP contribution in [0.25, 0.3) is 0 Å². The lowest BCUT2D eigenvalue weighted by molar-refractivity contribution is -0.133. The summed E-state index contributed by atoms with van der Waals surface area (Å²) in [5.41, 5.74) is 2.47. The van der Waals surface area contributed by atoms with Gasteiger partial charge in [0.25, 0.3) is 0 Å². The van der Waals surface area contributed by atoms with Gasteiger partial charge in [0.1, 0.15) is 5.75 Å². The highest BCUT2D eigenvalue weighted by Gasteiger charge is 2.36. The molecule has 2 aromatic carbocycles. The lowest BCUT2D eigenvalue weighted by Crippen LogP contribution is -2.42. The first kappa shape index (κ1) is 21.1. The molecule has 6 heteroatoms. The highest BCUT2D eigenvalue weighted by atomic mass is 16.7. The van der Waals surface area contributed by atoms with Gasteiger partial charge in [0.15, 0.2) is 11.5 Å². The van der Waals surface area contributed by atoms with Crippen molar-refractivity contribution in [1.29, 1.82) is 0 Å². The van der Waals surface area contributed by atoms with Gasteiger partial charge in [0.2, 0.25) is 12.7 Å². The SMILES string of the molecule is COc1ccc(C2CC(c3ccc4c(c3)OCO4)CN2CC(=O)N(C)C2CCCC2)cc1. The van der Waals surface area contributed by atoms with Gasteiger partial charge in [0.05, 0.1) is 13.7 Å². The van der Waals surface area contributed by atoms with Gasteiger partial charge in [-0.15, -0.1) is 0 Å². The van der Waals surface area contributed by atoms with Crippen LogP contribution in [0.3, 0.4) is 0 Å². The van der Waals surface area contributed by atoms with Gasteiger partial charge in [-0.3, -0.25) is 9.69 Å². The molecular formula is C26H32N2O4. The maximum atomic E-state index is 13.2. The number of rotatable bonds is 6. The van der Waals surface area contributed by atoms with Crippen molar-refractivity contribution >= 4 is 5.91 Å². The molecule has 1 aliphatic carbocycles. The van der Waals surface area contributed by atoms with Crippen molar-refractivity contribution in [2.75, 3.05) is 34.0 Å². The number of carbonyl (C=O) groups is 1. The van der Waals surface area contributed by atoms with Crippen LogP contribution in [0.1, 0.15) is 55.2 Å². The Hall–Kier alpha value is -2.73. The van der Waals surface area contributed by atoms with E-state index >= 15 is 0 Å². The second-order valence-electron chi connectivity index (χ2n) is 9.21. The van der Waals surface area contributed by atoms with E-state index in [9.17, 15) is 4.79 Å². The zero-order valence-corrected chi connectivity index (χ0v) is 19.0. The summed E-state index contributed by atoms with van der Waals surface area (Å²) >= 11 is 0. The number of methoxy groups -OCH3 is 1. The average Bonchev–Trinajstić information content (AvgIpc) is 3.59. The quantitative estimate of drug-likeness (QED) is 0.674. The van der Waals surface area contributed by atoms with Crippen LogP contribution < -0.4 is 14.2 Å². The first-order chi connectivity index (χ1) is 15.6. The molecule has 32 heavy (non-hydrogen) atoms. The molecule has 6 nitrogen and oxygen atoms in total. The summed E-state index contributed by atoms with van der Waals surface area (Å²) in [5.74, 6) is 3.04. The van der Waals surface area contributed by atoms with E-state index in [-0.39, 0.29) is 18.7 Å². The summed E-state index contributed by atoms with van der Waals surface area (Å²) in [6.45, 7) is 1.58. The minimum atomic E-state index is 0.192. The number of nitrogens with zero attached hydrogens (tertiary/aromatic N) is 2. The Morgan fingerprint density at radius 3 is 2.53 bits per heavy atom. The van der Waals surface area contributed by atoms with Crippen molar-refractivity contribution in [1.82, 2.24) is 9.80 Å². The highest BCUT2D eigenvalue weighted by molar-refractivity contribution is 5.78. The topological polar surface area (TPSA) is 51.2 Å². The Bertz CT molecular complexity index is 955. The van der Waals surface area contributed by atoms with E-state index in [4.69, 9.17) is 14.2 Å². The number of carbonyl (C=O) groups excluding carboxylic acids is 1. The van der Waals surface area contributed by atoms with Crippen molar-refractivity contribution in [3.8, 4) is 17.2 Å². The Morgan fingerprint density at radius 2 is 1.78 bits per heavy atom. The van der Waals surface area contributed by atoms with Gasteiger partial charge >= 0.3 is 0 Å². The third kappa shape index (κ3) is 4.16. The largest absolute Gasteiger partial charge is 0.497 e. The fraction of sp³-hybridized carbons (Fsp3) is 0.500. The van der Waals surface area contributed by atoms with E-state index < -0.39 is 0 Å². The van der Waals surface area contributed by atoms with E-state index in [1.807, 2.05) is 30.1 Å². The monoisotopic (exact) mass is 436 g/mol. The van der Waals surface area contributed by atoms with Crippen molar-refractivity contribution in [2.45, 2.75) is 50.1 Å². The van der Waals surface area contributed by atoms with Crippen LogP contribution in [0.5, 0.6) is 17.2 Å². The van der Waals surface area contributed by atoms with Gasteiger partial charge in [-0.1, -0.05) is 31.0 Å². The summed E-state index contributed by atoms with van der Waals surface area (Å²) < 4.78 is 16.4.